The van der Waals surface area contributed by atoms with Crippen LogP contribution in [0.25, 0.3) is 33.3 Å². The molecular weight excluding hydrogens is 511 g/mol. The Bertz CT molecular complexity index is 1760. The summed E-state index contributed by atoms with van der Waals surface area (Å²) in [6, 6.07) is 11.0. The van der Waals surface area contributed by atoms with E-state index in [1.165, 1.54) is 24.5 Å². The van der Waals surface area contributed by atoms with Crippen molar-refractivity contribution in [3.05, 3.63) is 88.8 Å². The molecule has 0 unspecified atom stereocenters. The first-order valence-corrected chi connectivity index (χ1v) is 11.8. The zero-order chi connectivity index (χ0) is 28.1. The number of aromatic carboxylic acids is 1. The maximum Gasteiger partial charge on any atom is 0.432 e. The number of nitrogens with zero attached hydrogens (tertiary/aromatic N) is 5. The molecule has 0 spiro atoms. The van der Waals surface area contributed by atoms with Crippen LogP contribution in [0, 0.1) is 25.2 Å². The highest BCUT2D eigenvalue weighted by Crippen LogP contribution is 2.47. The second kappa shape index (κ2) is 9.40. The fourth-order valence-electron chi connectivity index (χ4n) is 4.89. The van der Waals surface area contributed by atoms with Gasteiger partial charge < -0.3 is 14.2 Å². The van der Waals surface area contributed by atoms with Crippen LogP contribution in [0.5, 0.6) is 0 Å². The van der Waals surface area contributed by atoms with Crippen LogP contribution in [0.4, 0.5) is 13.2 Å². The zero-order valence-electron chi connectivity index (χ0n) is 20.9. The van der Waals surface area contributed by atoms with Crippen molar-refractivity contribution in [3.8, 4) is 28.3 Å². The first-order valence-electron chi connectivity index (χ1n) is 11.8. The van der Waals surface area contributed by atoms with E-state index >= 15 is 0 Å². The lowest BCUT2D eigenvalue weighted by atomic mass is 9.96. The van der Waals surface area contributed by atoms with Crippen molar-refractivity contribution in [3.63, 3.8) is 0 Å². The Morgan fingerprint density at radius 1 is 1.13 bits per heavy atom. The van der Waals surface area contributed by atoms with Crippen LogP contribution < -0.4 is 0 Å². The van der Waals surface area contributed by atoms with E-state index in [1.807, 2.05) is 6.07 Å². The molecule has 0 saturated carbocycles. The van der Waals surface area contributed by atoms with Crippen molar-refractivity contribution < 1.29 is 27.6 Å². The van der Waals surface area contributed by atoms with E-state index in [9.17, 15) is 28.3 Å². The summed E-state index contributed by atoms with van der Waals surface area (Å²) in [7, 11) is 0. The van der Waals surface area contributed by atoms with E-state index < -0.39 is 23.9 Å². The third-order valence-corrected chi connectivity index (χ3v) is 6.59. The summed E-state index contributed by atoms with van der Waals surface area (Å²) in [6.45, 7) is 5.02. The Hall–Kier alpha value is -4.98. The molecule has 4 aromatic heterocycles. The van der Waals surface area contributed by atoms with Crippen molar-refractivity contribution in [1.82, 2.24) is 19.7 Å². The summed E-state index contributed by atoms with van der Waals surface area (Å²) >= 11 is 0. The molecule has 1 aromatic carbocycles. The number of hydrogen-bond acceptors (Lipinski definition) is 6. The third kappa shape index (κ3) is 4.29. The van der Waals surface area contributed by atoms with Gasteiger partial charge in [-0.25, -0.2) is 4.79 Å². The summed E-state index contributed by atoms with van der Waals surface area (Å²) < 4.78 is 51.3. The van der Waals surface area contributed by atoms with Crippen LogP contribution in [-0.4, -0.2) is 30.8 Å². The highest BCUT2D eigenvalue weighted by molar-refractivity contribution is 6.00. The van der Waals surface area contributed by atoms with Gasteiger partial charge in [0.25, 0.3) is 0 Å². The highest BCUT2D eigenvalue weighted by atomic mass is 19.4. The molecule has 0 bridgehead atoms. The number of alkyl halides is 3. The molecule has 1 atom stereocenters. The predicted octanol–water partition coefficient (Wildman–Crippen LogP) is 6.57. The van der Waals surface area contributed by atoms with Gasteiger partial charge in [-0.3, -0.25) is 9.97 Å². The maximum absolute atomic E-state index is 15.0. The molecule has 0 aliphatic heterocycles. The van der Waals surface area contributed by atoms with Crippen LogP contribution in [-0.2, 0) is 6.18 Å². The minimum atomic E-state index is -4.87. The average molecular weight is 531 g/mol. The number of carboxylic acids is 1. The molecular formula is C28H20F3N5O3. The molecule has 0 aliphatic rings. The van der Waals surface area contributed by atoms with E-state index in [1.54, 1.807) is 45.0 Å². The molecule has 5 aromatic rings. The number of nitriles is 1. The second-order valence-corrected chi connectivity index (χ2v) is 8.99. The van der Waals surface area contributed by atoms with E-state index in [2.05, 4.69) is 15.1 Å². The fraction of sp³-hybridized carbons (Fsp3) is 0.179. The molecule has 0 radical (unpaired) electrons. The highest BCUT2D eigenvalue weighted by Gasteiger charge is 2.42. The summed E-state index contributed by atoms with van der Waals surface area (Å²) in [5.41, 5.74) is 0.341. The van der Waals surface area contributed by atoms with Gasteiger partial charge in [0.2, 0.25) is 0 Å². The monoisotopic (exact) mass is 531 g/mol. The summed E-state index contributed by atoms with van der Waals surface area (Å²) in [5.74, 6) is -0.820. The van der Waals surface area contributed by atoms with Gasteiger partial charge in [-0.05, 0) is 51.1 Å². The van der Waals surface area contributed by atoms with E-state index in [-0.39, 0.29) is 33.3 Å². The average Bonchev–Trinajstić information content (AvgIpc) is 3.44. The van der Waals surface area contributed by atoms with Crippen LogP contribution in [0.15, 0.2) is 59.4 Å². The fourth-order valence-corrected chi connectivity index (χ4v) is 4.89. The Morgan fingerprint density at radius 2 is 1.90 bits per heavy atom. The number of fused-ring (bicyclic) bond motifs is 1. The number of benzene rings is 1. The predicted molar refractivity (Wildman–Crippen MR) is 135 cm³/mol. The molecule has 1 N–H and O–H groups in total. The normalized spacial score (nSPS) is 12.4. The van der Waals surface area contributed by atoms with Crippen molar-refractivity contribution in [2.75, 3.05) is 0 Å². The molecule has 0 amide bonds. The van der Waals surface area contributed by atoms with Gasteiger partial charge in [0, 0.05) is 34.6 Å². The van der Waals surface area contributed by atoms with Crippen molar-refractivity contribution >= 4 is 17.0 Å². The van der Waals surface area contributed by atoms with Gasteiger partial charge in [-0.1, -0.05) is 17.3 Å². The quantitative estimate of drug-likeness (QED) is 0.273. The largest absolute Gasteiger partial charge is 0.478 e. The SMILES string of the molecule is Cc1noc(C)c1-c1cnc2c(-c3ccc(C(=O)O)cc3C#N)c(C(F)(F)F)n([C@@H](C)c3ccccn3)c2c1. The minimum absolute atomic E-state index is 0.000177. The number of aryl methyl sites for hydroxylation is 2. The number of carbonyl (C=O) groups is 1. The molecule has 5 rings (SSSR count). The molecule has 0 aliphatic carbocycles. The summed E-state index contributed by atoms with van der Waals surface area (Å²) in [6.07, 6.45) is -1.94. The lowest BCUT2D eigenvalue weighted by Crippen LogP contribution is -2.19. The first-order chi connectivity index (χ1) is 18.5. The van der Waals surface area contributed by atoms with Crippen molar-refractivity contribution in [2.45, 2.75) is 33.0 Å². The smallest absolute Gasteiger partial charge is 0.432 e. The van der Waals surface area contributed by atoms with Crippen LogP contribution in [0.2, 0.25) is 0 Å². The molecule has 4 heterocycles. The van der Waals surface area contributed by atoms with Crippen LogP contribution in [0.3, 0.4) is 0 Å². The number of aromatic nitrogens is 4. The first kappa shape index (κ1) is 25.7. The van der Waals surface area contributed by atoms with Gasteiger partial charge >= 0.3 is 12.1 Å². The topological polar surface area (TPSA) is 118 Å². The number of rotatable bonds is 5. The minimum Gasteiger partial charge on any atom is -0.478 e. The third-order valence-electron chi connectivity index (χ3n) is 6.59. The van der Waals surface area contributed by atoms with E-state index in [0.29, 0.717) is 28.3 Å². The zero-order valence-corrected chi connectivity index (χ0v) is 20.9. The van der Waals surface area contributed by atoms with Crippen LogP contribution in [0.1, 0.15) is 51.7 Å². The van der Waals surface area contributed by atoms with Crippen molar-refractivity contribution in [2.24, 2.45) is 0 Å². The van der Waals surface area contributed by atoms with Gasteiger partial charge in [-0.2, -0.15) is 18.4 Å². The second-order valence-electron chi connectivity index (χ2n) is 8.99. The molecule has 0 fully saturated rings. The Morgan fingerprint density at radius 3 is 2.49 bits per heavy atom. The number of pyridine rings is 2. The van der Waals surface area contributed by atoms with Crippen molar-refractivity contribution in [1.29, 1.82) is 5.26 Å². The lowest BCUT2D eigenvalue weighted by Gasteiger charge is -2.21. The van der Waals surface area contributed by atoms with Gasteiger partial charge in [0.15, 0.2) is 0 Å². The maximum atomic E-state index is 15.0. The number of carboxylic acid groups (broad SMARTS) is 1. The summed E-state index contributed by atoms with van der Waals surface area (Å²) in [4.78, 5) is 20.2. The molecule has 8 nitrogen and oxygen atoms in total. The number of hydrogen-bond donors (Lipinski definition) is 1. The van der Waals surface area contributed by atoms with Crippen LogP contribution >= 0.6 is 0 Å². The van der Waals surface area contributed by atoms with E-state index in [0.717, 1.165) is 10.6 Å². The summed E-state index contributed by atoms with van der Waals surface area (Å²) in [5, 5.41) is 23.1. The van der Waals surface area contributed by atoms with Gasteiger partial charge in [0.05, 0.1) is 45.7 Å². The number of halogens is 3. The molecule has 11 heteroatoms. The van der Waals surface area contributed by atoms with E-state index in [4.69, 9.17) is 4.52 Å². The standard InChI is InChI=1S/C28H20F3N5O3/c1-14-23(16(3)39-35-14)19-11-22-25(34-13-19)24(20-8-7-17(27(37)38)10-18(20)12-32)26(28(29,30)31)36(22)15(2)21-6-4-5-9-33-21/h4-11,13,15H,1-3H3,(H,37,38)/t15-/m0/s1. The molecule has 196 valence electrons. The molecule has 39 heavy (non-hydrogen) atoms. The molecule has 0 saturated heterocycles. The Kier molecular flexibility index (Phi) is 6.18. The van der Waals surface area contributed by atoms with Gasteiger partial charge in [-0.15, -0.1) is 0 Å². The lowest BCUT2D eigenvalue weighted by molar-refractivity contribution is -0.143. The Balaban J connectivity index is 1.93. The van der Waals surface area contributed by atoms with Gasteiger partial charge in [0.1, 0.15) is 11.5 Å². The Labute approximate surface area is 220 Å².